The molecule has 14 heteroatoms. The maximum absolute atomic E-state index is 13.9. The minimum absolute atomic E-state index is 0.0901. The summed E-state index contributed by atoms with van der Waals surface area (Å²) in [6.07, 6.45) is 0.572. The predicted octanol–water partition coefficient (Wildman–Crippen LogP) is 5.02. The zero-order valence-corrected chi connectivity index (χ0v) is 26.6. The van der Waals surface area contributed by atoms with Crippen LogP contribution in [0.25, 0.3) is 10.9 Å². The molecule has 0 aliphatic heterocycles. The summed E-state index contributed by atoms with van der Waals surface area (Å²) in [4.78, 5) is 52.0. The van der Waals surface area contributed by atoms with Crippen molar-refractivity contribution in [2.45, 2.75) is 51.0 Å². The van der Waals surface area contributed by atoms with Crippen LogP contribution in [0.5, 0.6) is 5.75 Å². The molecule has 3 aromatic carbocycles. The molecule has 4 aromatic rings. The third kappa shape index (κ3) is 7.15. The number of rotatable bonds is 9. The van der Waals surface area contributed by atoms with E-state index in [2.05, 4.69) is 0 Å². The molecule has 0 bridgehead atoms. The first-order chi connectivity index (χ1) is 20.6. The third-order valence-corrected chi connectivity index (χ3v) is 8.26. The molecule has 0 saturated heterocycles. The smallest absolute Gasteiger partial charge is 0.365 e. The molecule has 0 spiro atoms. The van der Waals surface area contributed by atoms with Gasteiger partial charge in [-0.25, -0.2) is 18.2 Å². The van der Waals surface area contributed by atoms with Crippen LogP contribution in [0.1, 0.15) is 40.5 Å². The summed E-state index contributed by atoms with van der Waals surface area (Å²) in [5.41, 5.74) is -2.95. The van der Waals surface area contributed by atoms with E-state index < -0.39 is 32.8 Å². The van der Waals surface area contributed by atoms with Gasteiger partial charge in [0.1, 0.15) is 11.4 Å². The van der Waals surface area contributed by atoms with E-state index in [0.29, 0.717) is 12.2 Å². The highest BCUT2D eigenvalue weighted by molar-refractivity contribution is 7.90. The van der Waals surface area contributed by atoms with Crippen molar-refractivity contribution in [1.82, 2.24) is 8.65 Å². The average molecular weight is 663 g/mol. The molecule has 0 fully saturated rings. The van der Waals surface area contributed by atoms with Gasteiger partial charge in [-0.2, -0.15) is 4.68 Å². The highest BCUT2D eigenvalue weighted by atomic mass is 35.5. The van der Waals surface area contributed by atoms with Crippen LogP contribution in [0.3, 0.4) is 0 Å². The van der Waals surface area contributed by atoms with Crippen LogP contribution in [0.2, 0.25) is 10.0 Å². The van der Waals surface area contributed by atoms with Gasteiger partial charge in [0.2, 0.25) is 5.91 Å². The molecule has 0 aliphatic carbocycles. The first-order valence-electron chi connectivity index (χ1n) is 13.3. The summed E-state index contributed by atoms with van der Waals surface area (Å²) < 4.78 is 39.1. The number of benzene rings is 3. The van der Waals surface area contributed by atoms with Crippen LogP contribution >= 0.6 is 23.2 Å². The second-order valence-electron chi connectivity index (χ2n) is 10.6. The molecule has 11 nitrogen and oxygen atoms in total. The Morgan fingerprint density at radius 1 is 0.909 bits per heavy atom. The fourth-order valence-electron chi connectivity index (χ4n) is 4.28. The summed E-state index contributed by atoms with van der Waals surface area (Å²) in [5.74, 6) is -0.601. The minimum Gasteiger partial charge on any atom is -0.494 e. The number of anilines is 1. The quantitative estimate of drug-likeness (QED) is 0.180. The molecule has 0 saturated carbocycles. The Balaban J connectivity index is 1.75. The highest BCUT2D eigenvalue weighted by Crippen LogP contribution is 2.24. The maximum Gasteiger partial charge on any atom is 0.365 e. The normalized spacial score (nSPS) is 11.8. The maximum atomic E-state index is 13.9. The number of nitrogens with zero attached hydrogens (tertiary/aromatic N) is 3. The van der Waals surface area contributed by atoms with Crippen LogP contribution < -0.4 is 21.0 Å². The number of halogens is 2. The molecule has 0 atom stereocenters. The summed E-state index contributed by atoms with van der Waals surface area (Å²) in [5, 5.41) is 1.14. The van der Waals surface area contributed by atoms with Crippen LogP contribution in [-0.2, 0) is 24.3 Å². The Hall–Kier alpha value is -4.13. The minimum atomic E-state index is -4.73. The molecule has 0 aliphatic rings. The Bertz CT molecular complexity index is 1950. The molecule has 1 amide bonds. The first kappa shape index (κ1) is 32.8. The van der Waals surface area contributed by atoms with Gasteiger partial charge in [0, 0.05) is 23.4 Å². The fraction of sp³-hybridized carbons (Fsp3) is 0.267. The number of carbonyl (C=O) groups is 2. The molecular weight excluding hydrogens is 633 g/mol. The lowest BCUT2D eigenvalue weighted by Gasteiger charge is -2.26. The second kappa shape index (κ2) is 12.8. The molecule has 4 rings (SSSR count). The molecule has 44 heavy (non-hydrogen) atoms. The van der Waals surface area contributed by atoms with Crippen molar-refractivity contribution < 1.29 is 27.5 Å². The number of ether oxygens (including phenoxy) is 2. The molecule has 0 unspecified atom stereocenters. The van der Waals surface area contributed by atoms with Crippen molar-refractivity contribution in [1.29, 1.82) is 0 Å². The summed E-state index contributed by atoms with van der Waals surface area (Å²) in [6, 6.07) is 14.9. The lowest BCUT2D eigenvalue weighted by atomic mass is 10.2. The van der Waals surface area contributed by atoms with E-state index in [1.165, 1.54) is 49.4 Å². The van der Waals surface area contributed by atoms with E-state index in [4.69, 9.17) is 32.7 Å². The van der Waals surface area contributed by atoms with Crippen LogP contribution in [0.15, 0.2) is 81.2 Å². The zero-order valence-electron chi connectivity index (χ0n) is 24.2. The van der Waals surface area contributed by atoms with Crippen LogP contribution in [0, 0.1) is 0 Å². The number of esters is 1. The van der Waals surface area contributed by atoms with Gasteiger partial charge in [0.15, 0.2) is 0 Å². The lowest BCUT2D eigenvalue weighted by Crippen LogP contribution is -2.51. The Labute approximate surface area is 263 Å². The lowest BCUT2D eigenvalue weighted by molar-refractivity contribution is -0.155. The monoisotopic (exact) mass is 661 g/mol. The highest BCUT2D eigenvalue weighted by Gasteiger charge is 2.29. The number of amides is 1. The number of fused-ring (bicyclic) bond motifs is 1. The second-order valence-corrected chi connectivity index (χ2v) is 13.3. The third-order valence-electron chi connectivity index (χ3n) is 6.10. The topological polar surface area (TPSA) is 134 Å². The molecule has 0 radical (unpaired) electrons. The van der Waals surface area contributed by atoms with Crippen molar-refractivity contribution in [2.75, 3.05) is 11.6 Å². The fourth-order valence-corrected chi connectivity index (χ4v) is 5.87. The van der Waals surface area contributed by atoms with Crippen LogP contribution in [0.4, 0.5) is 5.69 Å². The van der Waals surface area contributed by atoms with Gasteiger partial charge in [0.25, 0.3) is 15.6 Å². The standard InChI is InChI=1S/C30H29Cl2N3O8S/c1-19(36)33(22-10-12-23(13-11-22)42-17-5-6-27(37)43-30(2,3)4)34-26-18-21(32)9-16-25(26)28(38)35(29(34)39)44(40,41)24-14-7-20(31)8-15-24/h7-16,18H,5-6,17H2,1-4H3. The average Bonchev–Trinajstić information content (AvgIpc) is 2.93. The van der Waals surface area contributed by atoms with E-state index in [0.717, 1.165) is 21.8 Å². The van der Waals surface area contributed by atoms with Crippen LogP contribution in [-0.4, -0.2) is 41.2 Å². The number of aromatic nitrogens is 2. The van der Waals surface area contributed by atoms with Crippen molar-refractivity contribution in [2.24, 2.45) is 0 Å². The van der Waals surface area contributed by atoms with Crippen molar-refractivity contribution in [3.05, 3.63) is 97.6 Å². The molecule has 1 heterocycles. The van der Waals surface area contributed by atoms with Gasteiger partial charge >= 0.3 is 11.7 Å². The number of hydrogen-bond acceptors (Lipinski definition) is 8. The van der Waals surface area contributed by atoms with Gasteiger partial charge in [-0.1, -0.05) is 23.2 Å². The van der Waals surface area contributed by atoms with Crippen molar-refractivity contribution in [3.8, 4) is 5.75 Å². The Morgan fingerprint density at radius 2 is 1.52 bits per heavy atom. The summed E-state index contributed by atoms with van der Waals surface area (Å²) in [7, 11) is -4.73. The van der Waals surface area contributed by atoms with Gasteiger partial charge in [0.05, 0.1) is 28.1 Å². The van der Waals surface area contributed by atoms with Crippen molar-refractivity contribution >= 4 is 61.7 Å². The Kier molecular flexibility index (Phi) is 9.57. The number of carbonyl (C=O) groups excluding carboxylic acids is 2. The first-order valence-corrected chi connectivity index (χ1v) is 15.5. The predicted molar refractivity (Wildman–Crippen MR) is 167 cm³/mol. The van der Waals surface area contributed by atoms with Gasteiger partial charge in [-0.05, 0) is 93.9 Å². The van der Waals surface area contributed by atoms with E-state index in [1.807, 2.05) is 0 Å². The molecule has 232 valence electrons. The van der Waals surface area contributed by atoms with Gasteiger partial charge in [-0.15, -0.1) is 3.97 Å². The Morgan fingerprint density at radius 3 is 2.11 bits per heavy atom. The number of hydrogen-bond donors (Lipinski definition) is 0. The zero-order chi connectivity index (χ0) is 32.4. The van der Waals surface area contributed by atoms with E-state index in [-0.39, 0.29) is 54.5 Å². The van der Waals surface area contributed by atoms with Crippen molar-refractivity contribution in [3.63, 3.8) is 0 Å². The summed E-state index contributed by atoms with van der Waals surface area (Å²) >= 11 is 12.1. The summed E-state index contributed by atoms with van der Waals surface area (Å²) in [6.45, 7) is 6.74. The van der Waals surface area contributed by atoms with Gasteiger partial charge in [-0.3, -0.25) is 14.4 Å². The molecular formula is C30H29Cl2N3O8S. The van der Waals surface area contributed by atoms with E-state index in [9.17, 15) is 27.6 Å². The van der Waals surface area contributed by atoms with E-state index >= 15 is 0 Å². The SMILES string of the molecule is CC(=O)N(c1ccc(OCCCC(=O)OC(C)(C)C)cc1)n1c(=O)n(S(=O)(=O)c2ccc(Cl)cc2)c(=O)c2ccc(Cl)cc21. The van der Waals surface area contributed by atoms with Gasteiger partial charge < -0.3 is 9.47 Å². The molecule has 1 aromatic heterocycles. The molecule has 0 N–H and O–H groups in total. The largest absolute Gasteiger partial charge is 0.494 e. The van der Waals surface area contributed by atoms with E-state index in [1.54, 1.807) is 32.9 Å².